The molecule has 1 aliphatic heterocycles. The van der Waals surface area contributed by atoms with Gasteiger partial charge in [0, 0.05) is 42.0 Å². The molecule has 2 aliphatic carbocycles. The summed E-state index contributed by atoms with van der Waals surface area (Å²) in [5, 5.41) is 7.46. The minimum atomic E-state index is -3.58. The number of sulfone groups is 1. The number of aromatic nitrogens is 1. The van der Waals surface area contributed by atoms with E-state index in [1.54, 1.807) is 25.4 Å². The van der Waals surface area contributed by atoms with Crippen molar-refractivity contribution in [3.8, 4) is 0 Å². The van der Waals surface area contributed by atoms with E-state index in [0.717, 1.165) is 40.4 Å². The summed E-state index contributed by atoms with van der Waals surface area (Å²) in [4.78, 5) is 33.0. The molecule has 4 N–H and O–H groups in total. The van der Waals surface area contributed by atoms with Crippen LogP contribution in [0.4, 0.5) is 22.0 Å². The van der Waals surface area contributed by atoms with Gasteiger partial charge in [-0.2, -0.15) is 0 Å². The highest BCUT2D eigenvalue weighted by Gasteiger charge is 2.46. The van der Waals surface area contributed by atoms with Gasteiger partial charge in [-0.3, -0.25) is 10.1 Å². The lowest BCUT2D eigenvalue weighted by Gasteiger charge is -2.27. The zero-order valence-electron chi connectivity index (χ0n) is 24.2. The first-order valence-electron chi connectivity index (χ1n) is 14.7. The highest BCUT2D eigenvalue weighted by atomic mass is 32.2. The van der Waals surface area contributed by atoms with Gasteiger partial charge in [-0.25, -0.2) is 18.2 Å². The fourth-order valence-corrected chi connectivity index (χ4v) is 7.85. The number of benzene rings is 3. The summed E-state index contributed by atoms with van der Waals surface area (Å²) in [6.07, 6.45) is 3.97. The van der Waals surface area contributed by atoms with Crippen molar-refractivity contribution in [3.63, 3.8) is 0 Å². The minimum Gasteiger partial charge on any atom is -0.448 e. The lowest BCUT2D eigenvalue weighted by Crippen LogP contribution is -2.35. The molecule has 1 aromatic heterocycles. The summed E-state index contributed by atoms with van der Waals surface area (Å²) < 4.78 is 32.4. The number of cyclic esters (lactones) is 1. The second-order valence-corrected chi connectivity index (χ2v) is 14.3. The number of nitrogens with zero attached hydrogens (tertiary/aromatic N) is 2. The second-order valence-electron chi connectivity index (χ2n) is 12.1. The van der Waals surface area contributed by atoms with Crippen molar-refractivity contribution >= 4 is 49.8 Å². The normalized spacial score (nSPS) is 19.9. The molecule has 1 spiro atoms. The smallest absolute Gasteiger partial charge is 0.411 e. The third-order valence-electron chi connectivity index (χ3n) is 8.88. The summed E-state index contributed by atoms with van der Waals surface area (Å²) in [5.74, 6) is 0.187. The first-order valence-corrected chi connectivity index (χ1v) is 16.2. The van der Waals surface area contributed by atoms with Crippen molar-refractivity contribution in [1.82, 2.24) is 9.88 Å². The van der Waals surface area contributed by atoms with Crippen LogP contribution in [0, 0.1) is 0 Å². The Morgan fingerprint density at radius 3 is 2.64 bits per heavy atom. The number of nitrogens with two attached hydrogens (primary N) is 1. The molecule has 0 radical (unpaired) electrons. The number of anilines is 3. The molecule has 2 fully saturated rings. The maximum Gasteiger partial charge on any atom is 0.411 e. The molecule has 2 amide bonds. The first-order chi connectivity index (χ1) is 21.1. The van der Waals surface area contributed by atoms with Crippen LogP contribution in [-0.2, 0) is 31.3 Å². The maximum atomic E-state index is 14.3. The van der Waals surface area contributed by atoms with Crippen LogP contribution in [0.15, 0.2) is 77.8 Å². The molecule has 10 nitrogen and oxygen atoms in total. The number of hydrogen-bond donors (Lipinski definition) is 3. The van der Waals surface area contributed by atoms with Gasteiger partial charge in [0.15, 0.2) is 9.84 Å². The van der Waals surface area contributed by atoms with Crippen molar-refractivity contribution in [2.45, 2.75) is 53.8 Å². The van der Waals surface area contributed by atoms with Crippen LogP contribution in [0.1, 0.15) is 48.4 Å². The predicted octanol–water partition coefficient (Wildman–Crippen LogP) is 5.16. The Bertz CT molecular complexity index is 1920. The Hall–Kier alpha value is -4.64. The molecule has 44 heavy (non-hydrogen) atoms. The fraction of sp³-hybridized carbons (Fsp3) is 0.303. The molecule has 0 saturated heterocycles. The van der Waals surface area contributed by atoms with E-state index in [9.17, 15) is 18.0 Å². The van der Waals surface area contributed by atoms with Crippen LogP contribution in [0.2, 0.25) is 0 Å². The average molecular weight is 612 g/mol. The van der Waals surface area contributed by atoms with Gasteiger partial charge in [0.1, 0.15) is 18.5 Å². The molecule has 226 valence electrons. The monoisotopic (exact) mass is 611 g/mol. The maximum absolute atomic E-state index is 14.3. The van der Waals surface area contributed by atoms with E-state index in [-0.39, 0.29) is 29.4 Å². The summed E-state index contributed by atoms with van der Waals surface area (Å²) in [5.41, 5.74) is 9.04. The van der Waals surface area contributed by atoms with E-state index in [1.165, 1.54) is 11.0 Å². The number of rotatable bonds is 4. The zero-order valence-corrected chi connectivity index (χ0v) is 25.1. The molecule has 1 atom stereocenters. The lowest BCUT2D eigenvalue weighted by molar-refractivity contribution is -0.131. The van der Waals surface area contributed by atoms with Crippen LogP contribution in [0.25, 0.3) is 10.8 Å². The highest BCUT2D eigenvalue weighted by Crippen LogP contribution is 2.49. The molecule has 3 aliphatic rings. The standard InChI is InChI=1S/C33H33N5O5S/c1-38-18-22-17-25(6-10-28(22)44(41,42)26-7-8-26)37-32(40)43-19-33(12-13-33)23-4-2-3-21(15-23)29(31(38)39)36-24-5-9-27-20(16-24)11-14-35-30(27)34/h2-6,9-11,14-17,26,29,36H,7-8,12-13,18-19H2,1H3,(H2,34,35)(H,37,40)/t29-/m1/s1. The van der Waals surface area contributed by atoms with Gasteiger partial charge in [-0.1, -0.05) is 24.3 Å². The van der Waals surface area contributed by atoms with Gasteiger partial charge in [0.05, 0.1) is 10.1 Å². The van der Waals surface area contributed by atoms with Gasteiger partial charge < -0.3 is 20.7 Å². The number of hydrogen-bond acceptors (Lipinski definition) is 8. The van der Waals surface area contributed by atoms with Gasteiger partial charge in [-0.05, 0) is 90.2 Å². The number of amides is 2. The molecule has 11 heteroatoms. The number of nitrogen functional groups attached to an aromatic ring is 1. The predicted molar refractivity (Wildman–Crippen MR) is 168 cm³/mol. The van der Waals surface area contributed by atoms with E-state index in [4.69, 9.17) is 10.5 Å². The Morgan fingerprint density at radius 1 is 1.05 bits per heavy atom. The van der Waals surface area contributed by atoms with Crippen molar-refractivity contribution in [2.75, 3.05) is 30.0 Å². The largest absolute Gasteiger partial charge is 0.448 e. The van der Waals surface area contributed by atoms with E-state index >= 15 is 0 Å². The Labute approximate surface area is 255 Å². The Kier molecular flexibility index (Phi) is 6.73. The molecule has 2 saturated carbocycles. The van der Waals surface area contributed by atoms with Gasteiger partial charge in [-0.15, -0.1) is 0 Å². The number of carbonyl (C=O) groups is 2. The minimum absolute atomic E-state index is 0.0203. The van der Waals surface area contributed by atoms with E-state index < -0.39 is 27.2 Å². The fourth-order valence-electron chi connectivity index (χ4n) is 5.99. The molecule has 4 aromatic rings. The molecule has 4 bridgehead atoms. The summed E-state index contributed by atoms with van der Waals surface area (Å²) in [6.45, 7) is 0.210. The van der Waals surface area contributed by atoms with Crippen LogP contribution in [0.5, 0.6) is 0 Å². The highest BCUT2D eigenvalue weighted by molar-refractivity contribution is 7.92. The van der Waals surface area contributed by atoms with Crippen molar-refractivity contribution < 1.29 is 22.7 Å². The van der Waals surface area contributed by atoms with Crippen LogP contribution in [0.3, 0.4) is 0 Å². The average Bonchev–Trinajstić information content (AvgIpc) is 3.93. The quantitative estimate of drug-likeness (QED) is 0.287. The first kappa shape index (κ1) is 28.1. The lowest BCUT2D eigenvalue weighted by atomic mass is 9.92. The van der Waals surface area contributed by atoms with Gasteiger partial charge in [0.25, 0.3) is 0 Å². The summed E-state index contributed by atoms with van der Waals surface area (Å²) >= 11 is 0. The summed E-state index contributed by atoms with van der Waals surface area (Å²) in [6, 6.07) is 19.3. The van der Waals surface area contributed by atoms with Gasteiger partial charge in [0.2, 0.25) is 5.91 Å². The number of nitrogens with one attached hydrogen (secondary N) is 2. The van der Waals surface area contributed by atoms with Crippen molar-refractivity contribution in [2.24, 2.45) is 0 Å². The Balaban J connectivity index is 1.31. The Morgan fingerprint density at radius 2 is 1.86 bits per heavy atom. The number of fused-ring (bicyclic) bond motifs is 6. The van der Waals surface area contributed by atoms with E-state index in [1.807, 2.05) is 48.5 Å². The van der Waals surface area contributed by atoms with Crippen LogP contribution in [-0.4, -0.2) is 49.2 Å². The third kappa shape index (κ3) is 5.21. The molecular weight excluding hydrogens is 578 g/mol. The second kappa shape index (κ2) is 10.5. The molecule has 2 heterocycles. The molecule has 0 unspecified atom stereocenters. The van der Waals surface area contributed by atoms with E-state index in [0.29, 0.717) is 29.9 Å². The number of likely N-dealkylation sites (N-methyl/N-ethyl adjacent to an activating group) is 1. The molecule has 7 rings (SSSR count). The topological polar surface area (TPSA) is 144 Å². The van der Waals surface area contributed by atoms with Gasteiger partial charge >= 0.3 is 6.09 Å². The zero-order chi connectivity index (χ0) is 30.6. The third-order valence-corrected chi connectivity index (χ3v) is 11.2. The van der Waals surface area contributed by atoms with E-state index in [2.05, 4.69) is 15.6 Å². The van der Waals surface area contributed by atoms with Crippen molar-refractivity contribution in [3.05, 3.63) is 89.6 Å². The SMILES string of the molecule is CN1Cc2cc(ccc2S(=O)(=O)C2CC2)NC(=O)OCC2(CC2)c2cccc(c2)[C@@H](Nc2ccc3c(N)nccc3c2)C1=O. The number of ether oxygens (including phenoxy) is 1. The van der Waals surface area contributed by atoms with Crippen molar-refractivity contribution in [1.29, 1.82) is 0 Å². The van der Waals surface area contributed by atoms with Crippen LogP contribution >= 0.6 is 0 Å². The number of pyridine rings is 1. The molecular formula is C33H33N5O5S. The summed E-state index contributed by atoms with van der Waals surface area (Å²) in [7, 11) is -1.92. The molecule has 3 aromatic carbocycles. The van der Waals surface area contributed by atoms with Crippen LogP contribution < -0.4 is 16.4 Å². The number of carbonyl (C=O) groups excluding carboxylic acids is 2.